The van der Waals surface area contributed by atoms with Gasteiger partial charge in [-0.25, -0.2) is 8.42 Å². The zero-order valence-electron chi connectivity index (χ0n) is 10.9. The molecule has 2 aromatic carbocycles. The van der Waals surface area contributed by atoms with Crippen molar-refractivity contribution in [3.8, 4) is 0 Å². The molecule has 1 N–H and O–H groups in total. The number of hydrogen-bond donors (Lipinski definition) is 1. The molecule has 2 aromatic rings. The predicted molar refractivity (Wildman–Crippen MR) is 80.1 cm³/mol. The fraction of sp³-hybridized carbons (Fsp3) is 0.0769. The second-order valence-electron chi connectivity index (χ2n) is 4.29. The number of sulfonamides is 1. The summed E-state index contributed by atoms with van der Waals surface area (Å²) in [6, 6.07) is 10.2. The Morgan fingerprint density at radius 2 is 1.86 bits per heavy atom. The molecule has 0 saturated carbocycles. The van der Waals surface area contributed by atoms with Crippen molar-refractivity contribution < 1.29 is 13.3 Å². The molecule has 0 heterocycles. The van der Waals surface area contributed by atoms with E-state index in [4.69, 9.17) is 11.6 Å². The van der Waals surface area contributed by atoms with Crippen molar-refractivity contribution in [3.05, 3.63) is 63.2 Å². The van der Waals surface area contributed by atoms with Crippen LogP contribution in [-0.2, 0) is 10.0 Å². The highest BCUT2D eigenvalue weighted by atomic mass is 35.5. The molecule has 0 bridgehead atoms. The molecule has 0 aromatic heterocycles. The number of hydrogen-bond acceptors (Lipinski definition) is 4. The van der Waals surface area contributed by atoms with Crippen LogP contribution in [0.15, 0.2) is 47.4 Å². The van der Waals surface area contributed by atoms with E-state index in [2.05, 4.69) is 4.72 Å². The lowest BCUT2D eigenvalue weighted by molar-refractivity contribution is -0.384. The Kier molecular flexibility index (Phi) is 4.15. The van der Waals surface area contributed by atoms with Crippen molar-refractivity contribution in [3.63, 3.8) is 0 Å². The summed E-state index contributed by atoms with van der Waals surface area (Å²) in [6.07, 6.45) is 0. The first-order valence-corrected chi connectivity index (χ1v) is 7.70. The van der Waals surface area contributed by atoms with Crippen LogP contribution in [-0.4, -0.2) is 13.3 Å². The lowest BCUT2D eigenvalue weighted by Gasteiger charge is -2.10. The van der Waals surface area contributed by atoms with Crippen molar-refractivity contribution in [2.75, 3.05) is 4.72 Å². The Labute approximate surface area is 126 Å². The molecule has 2 rings (SSSR count). The number of nitrogens with one attached hydrogen (secondary N) is 1. The van der Waals surface area contributed by atoms with Crippen molar-refractivity contribution in [1.29, 1.82) is 0 Å². The van der Waals surface area contributed by atoms with E-state index in [0.717, 1.165) is 6.07 Å². The zero-order valence-corrected chi connectivity index (χ0v) is 12.5. The largest absolute Gasteiger partial charge is 0.289 e. The molecule has 0 saturated heterocycles. The first-order valence-electron chi connectivity index (χ1n) is 5.83. The van der Waals surface area contributed by atoms with Crippen LogP contribution in [0.3, 0.4) is 0 Å². The van der Waals surface area contributed by atoms with Crippen molar-refractivity contribution in [1.82, 2.24) is 0 Å². The summed E-state index contributed by atoms with van der Waals surface area (Å²) in [4.78, 5) is 10.2. The van der Waals surface area contributed by atoms with Crippen LogP contribution < -0.4 is 4.72 Å². The zero-order chi connectivity index (χ0) is 15.6. The maximum atomic E-state index is 12.3. The highest BCUT2D eigenvalue weighted by Crippen LogP contribution is 2.28. The molecule has 6 nitrogen and oxygen atoms in total. The molecule has 110 valence electrons. The monoisotopic (exact) mass is 326 g/mol. The summed E-state index contributed by atoms with van der Waals surface area (Å²) in [5.41, 5.74) is 0.296. The standard InChI is InChI=1S/C13H11ClN2O4S/c1-9-4-2-3-5-13(9)21(19,20)15-10-6-7-11(14)12(8-10)16(17)18/h2-8,15H,1H3. The molecular formula is C13H11ClN2O4S. The molecule has 0 fully saturated rings. The van der Waals surface area contributed by atoms with Crippen LogP contribution in [0.25, 0.3) is 0 Å². The summed E-state index contributed by atoms with van der Waals surface area (Å²) in [6.45, 7) is 1.67. The van der Waals surface area contributed by atoms with E-state index in [0.29, 0.717) is 5.56 Å². The van der Waals surface area contributed by atoms with Gasteiger partial charge < -0.3 is 0 Å². The average molecular weight is 327 g/mol. The number of nitrogens with zero attached hydrogens (tertiary/aromatic N) is 1. The smallest absolute Gasteiger partial charge is 0.279 e. The maximum absolute atomic E-state index is 12.3. The summed E-state index contributed by atoms with van der Waals surface area (Å²) in [5.74, 6) is 0. The Balaban J connectivity index is 2.40. The molecule has 0 aliphatic carbocycles. The fourth-order valence-electron chi connectivity index (χ4n) is 1.78. The van der Waals surface area contributed by atoms with Crippen LogP contribution in [0.1, 0.15) is 5.56 Å². The van der Waals surface area contributed by atoms with Crippen LogP contribution in [0.4, 0.5) is 11.4 Å². The van der Waals surface area contributed by atoms with Gasteiger partial charge in [0.2, 0.25) is 0 Å². The lowest BCUT2D eigenvalue weighted by atomic mass is 10.2. The van der Waals surface area contributed by atoms with E-state index >= 15 is 0 Å². The van der Waals surface area contributed by atoms with Gasteiger partial charge in [-0.15, -0.1) is 0 Å². The fourth-order valence-corrected chi connectivity index (χ4v) is 3.27. The van der Waals surface area contributed by atoms with E-state index in [1.807, 2.05) is 0 Å². The number of benzene rings is 2. The number of anilines is 1. The summed E-state index contributed by atoms with van der Waals surface area (Å²) >= 11 is 5.69. The third-order valence-electron chi connectivity index (χ3n) is 2.78. The van der Waals surface area contributed by atoms with Gasteiger partial charge in [0, 0.05) is 6.07 Å². The summed E-state index contributed by atoms with van der Waals surface area (Å²) < 4.78 is 26.9. The van der Waals surface area contributed by atoms with Crippen molar-refractivity contribution in [2.45, 2.75) is 11.8 Å². The van der Waals surface area contributed by atoms with Gasteiger partial charge in [0.15, 0.2) is 0 Å². The lowest BCUT2D eigenvalue weighted by Crippen LogP contribution is -2.14. The number of rotatable bonds is 4. The normalized spacial score (nSPS) is 11.1. The van der Waals surface area contributed by atoms with Crippen LogP contribution in [0.2, 0.25) is 5.02 Å². The van der Waals surface area contributed by atoms with Gasteiger partial charge >= 0.3 is 0 Å². The van der Waals surface area contributed by atoms with Gasteiger partial charge in [-0.1, -0.05) is 29.8 Å². The highest BCUT2D eigenvalue weighted by molar-refractivity contribution is 7.92. The third-order valence-corrected chi connectivity index (χ3v) is 4.64. The minimum Gasteiger partial charge on any atom is -0.279 e. The highest BCUT2D eigenvalue weighted by Gasteiger charge is 2.19. The SMILES string of the molecule is Cc1ccccc1S(=O)(=O)Nc1ccc(Cl)c([N+](=O)[O-])c1. The molecule has 0 unspecified atom stereocenters. The quantitative estimate of drug-likeness (QED) is 0.689. The van der Waals surface area contributed by atoms with Gasteiger partial charge in [-0.3, -0.25) is 14.8 Å². The molecule has 0 aliphatic rings. The van der Waals surface area contributed by atoms with Crippen LogP contribution >= 0.6 is 11.6 Å². The van der Waals surface area contributed by atoms with Gasteiger partial charge in [0.25, 0.3) is 15.7 Å². The summed E-state index contributed by atoms with van der Waals surface area (Å²) in [7, 11) is -3.81. The average Bonchev–Trinajstić information content (AvgIpc) is 2.40. The first kappa shape index (κ1) is 15.3. The van der Waals surface area contributed by atoms with Gasteiger partial charge in [0.05, 0.1) is 15.5 Å². The Morgan fingerprint density at radius 1 is 1.19 bits per heavy atom. The van der Waals surface area contributed by atoms with Crippen molar-refractivity contribution >= 4 is 33.0 Å². The predicted octanol–water partition coefficient (Wildman–Crippen LogP) is 3.36. The van der Waals surface area contributed by atoms with Crippen molar-refractivity contribution in [2.24, 2.45) is 0 Å². The Bertz CT molecular complexity index is 806. The number of nitro benzene ring substituents is 1. The molecular weight excluding hydrogens is 316 g/mol. The van der Waals surface area contributed by atoms with E-state index in [9.17, 15) is 18.5 Å². The molecule has 0 spiro atoms. The molecule has 0 amide bonds. The minimum atomic E-state index is -3.81. The molecule has 0 radical (unpaired) electrons. The van der Waals surface area contributed by atoms with Crippen LogP contribution in [0.5, 0.6) is 0 Å². The molecule has 21 heavy (non-hydrogen) atoms. The van der Waals surface area contributed by atoms with Gasteiger partial charge in [0.1, 0.15) is 5.02 Å². The molecule has 8 heteroatoms. The van der Waals surface area contributed by atoms with E-state index in [1.165, 1.54) is 18.2 Å². The van der Waals surface area contributed by atoms with Gasteiger partial charge in [-0.05, 0) is 30.7 Å². The molecule has 0 aliphatic heterocycles. The van der Waals surface area contributed by atoms with E-state index in [1.54, 1.807) is 25.1 Å². The molecule has 0 atom stereocenters. The van der Waals surface area contributed by atoms with E-state index in [-0.39, 0.29) is 21.3 Å². The Hall–Kier alpha value is -2.12. The number of nitro groups is 1. The Morgan fingerprint density at radius 3 is 2.48 bits per heavy atom. The third kappa shape index (κ3) is 3.32. The van der Waals surface area contributed by atoms with E-state index < -0.39 is 14.9 Å². The number of aryl methyl sites for hydroxylation is 1. The summed E-state index contributed by atoms with van der Waals surface area (Å²) in [5, 5.41) is 10.8. The maximum Gasteiger partial charge on any atom is 0.289 e. The number of halogens is 1. The van der Waals surface area contributed by atoms with Crippen LogP contribution in [0, 0.1) is 17.0 Å². The first-order chi connectivity index (χ1) is 9.81. The minimum absolute atomic E-state index is 0.0566. The second kappa shape index (κ2) is 5.71. The topological polar surface area (TPSA) is 89.3 Å². The van der Waals surface area contributed by atoms with Gasteiger partial charge in [-0.2, -0.15) is 0 Å². The second-order valence-corrected chi connectivity index (χ2v) is 6.35.